The van der Waals surface area contributed by atoms with E-state index in [1.165, 1.54) is 25.2 Å². The van der Waals surface area contributed by atoms with E-state index in [1.54, 1.807) is 12.1 Å². The van der Waals surface area contributed by atoms with Gasteiger partial charge in [-0.15, -0.1) is 0 Å². The summed E-state index contributed by atoms with van der Waals surface area (Å²) < 4.78 is 26.6. The Morgan fingerprint density at radius 2 is 1.57 bits per heavy atom. The third-order valence-corrected chi connectivity index (χ3v) is 6.91. The van der Waals surface area contributed by atoms with Gasteiger partial charge in [-0.2, -0.15) is 4.31 Å². The summed E-state index contributed by atoms with van der Waals surface area (Å²) in [6, 6.07) is 15.1. The number of nitrogens with zero attached hydrogens (tertiary/aromatic N) is 1. The van der Waals surface area contributed by atoms with Gasteiger partial charge in [0, 0.05) is 7.05 Å². The van der Waals surface area contributed by atoms with Gasteiger partial charge >= 0.3 is 0 Å². The lowest BCUT2D eigenvalue weighted by molar-refractivity contribution is -0.116. The summed E-state index contributed by atoms with van der Waals surface area (Å²) >= 11 is 17.8. The molecule has 0 aliphatic heterocycles. The maximum atomic E-state index is 12.8. The number of rotatable bonds is 5. The van der Waals surface area contributed by atoms with Gasteiger partial charge in [0.2, 0.25) is 15.9 Å². The molecule has 0 aliphatic carbocycles. The first-order chi connectivity index (χ1) is 13.2. The van der Waals surface area contributed by atoms with Crippen LogP contribution >= 0.6 is 34.8 Å². The summed E-state index contributed by atoms with van der Waals surface area (Å²) in [6.07, 6.45) is 0. The van der Waals surface area contributed by atoms with Gasteiger partial charge in [0.15, 0.2) is 0 Å². The first-order valence-corrected chi connectivity index (χ1v) is 10.7. The zero-order valence-electron chi connectivity index (χ0n) is 14.6. The molecule has 28 heavy (non-hydrogen) atoms. The lowest BCUT2D eigenvalue weighted by Gasteiger charge is -2.17. The lowest BCUT2D eigenvalue weighted by Crippen LogP contribution is -2.35. The predicted molar refractivity (Wildman–Crippen MR) is 114 cm³/mol. The third kappa shape index (κ3) is 4.42. The van der Waals surface area contributed by atoms with Gasteiger partial charge in [-0.05, 0) is 35.0 Å². The maximum Gasteiger partial charge on any atom is 0.243 e. The molecule has 0 atom stereocenters. The fourth-order valence-electron chi connectivity index (χ4n) is 2.60. The van der Waals surface area contributed by atoms with Crippen LogP contribution in [0.2, 0.25) is 15.1 Å². The minimum Gasteiger partial charge on any atom is -0.324 e. The second kappa shape index (κ2) is 8.27. The Morgan fingerprint density at radius 3 is 2.29 bits per heavy atom. The second-order valence-corrected chi connectivity index (χ2v) is 9.33. The molecule has 3 rings (SSSR count). The predicted octanol–water partition coefficient (Wildman–Crippen LogP) is 5.06. The van der Waals surface area contributed by atoms with Crippen LogP contribution in [0.4, 0.5) is 5.69 Å². The van der Waals surface area contributed by atoms with E-state index in [0.29, 0.717) is 0 Å². The number of sulfonamides is 1. The minimum atomic E-state index is -3.85. The number of halogens is 3. The maximum absolute atomic E-state index is 12.8. The molecule has 146 valence electrons. The van der Waals surface area contributed by atoms with Crippen LogP contribution in [0.15, 0.2) is 59.5 Å². The van der Waals surface area contributed by atoms with Crippen LogP contribution in [0.1, 0.15) is 0 Å². The largest absolute Gasteiger partial charge is 0.324 e. The number of amides is 1. The van der Waals surface area contributed by atoms with Crippen molar-refractivity contribution >= 4 is 67.2 Å². The van der Waals surface area contributed by atoms with Gasteiger partial charge in [-0.3, -0.25) is 4.79 Å². The molecule has 3 aromatic carbocycles. The Kier molecular flexibility index (Phi) is 6.17. The smallest absolute Gasteiger partial charge is 0.243 e. The van der Waals surface area contributed by atoms with E-state index in [-0.39, 0.29) is 25.7 Å². The topological polar surface area (TPSA) is 66.5 Å². The SMILES string of the molecule is CN(CC(=O)Nc1cc(Cl)c(Cl)cc1Cl)S(=O)(=O)c1ccc2ccccc2c1. The molecule has 1 N–H and O–H groups in total. The van der Waals surface area contributed by atoms with E-state index in [4.69, 9.17) is 34.8 Å². The van der Waals surface area contributed by atoms with Crippen molar-refractivity contribution in [3.63, 3.8) is 0 Å². The molecule has 3 aromatic rings. The molecule has 0 saturated carbocycles. The molecule has 9 heteroatoms. The number of anilines is 1. The second-order valence-electron chi connectivity index (χ2n) is 6.06. The van der Waals surface area contributed by atoms with E-state index >= 15 is 0 Å². The van der Waals surface area contributed by atoms with E-state index in [2.05, 4.69) is 5.32 Å². The van der Waals surface area contributed by atoms with Crippen molar-refractivity contribution in [2.45, 2.75) is 4.90 Å². The van der Waals surface area contributed by atoms with Gasteiger partial charge in [-0.1, -0.05) is 65.1 Å². The summed E-state index contributed by atoms with van der Waals surface area (Å²) in [5, 5.41) is 4.93. The number of carbonyl (C=O) groups excluding carboxylic acids is 1. The Labute approximate surface area is 177 Å². The van der Waals surface area contributed by atoms with Gasteiger partial charge in [0.05, 0.1) is 32.2 Å². The highest BCUT2D eigenvalue weighted by Crippen LogP contribution is 2.32. The molecule has 0 fully saturated rings. The average Bonchev–Trinajstić information content (AvgIpc) is 2.65. The Balaban J connectivity index is 1.77. The van der Waals surface area contributed by atoms with Crippen LogP contribution in [0.5, 0.6) is 0 Å². The first-order valence-electron chi connectivity index (χ1n) is 8.08. The summed E-state index contributed by atoms with van der Waals surface area (Å²) in [7, 11) is -2.52. The molecule has 0 aromatic heterocycles. The van der Waals surface area contributed by atoms with Crippen LogP contribution in [0.3, 0.4) is 0 Å². The zero-order chi connectivity index (χ0) is 20.5. The van der Waals surface area contributed by atoms with Crippen LogP contribution < -0.4 is 5.32 Å². The fourth-order valence-corrected chi connectivity index (χ4v) is 4.36. The van der Waals surface area contributed by atoms with Crippen molar-refractivity contribution in [1.29, 1.82) is 0 Å². The quantitative estimate of drug-likeness (QED) is 0.545. The van der Waals surface area contributed by atoms with Crippen LogP contribution in [0.25, 0.3) is 10.8 Å². The Morgan fingerprint density at radius 1 is 0.929 bits per heavy atom. The highest BCUT2D eigenvalue weighted by Gasteiger charge is 2.23. The van der Waals surface area contributed by atoms with Crippen LogP contribution in [-0.4, -0.2) is 32.2 Å². The molecule has 0 unspecified atom stereocenters. The summed E-state index contributed by atoms with van der Waals surface area (Å²) in [6.45, 7) is -0.397. The highest BCUT2D eigenvalue weighted by molar-refractivity contribution is 7.89. The number of hydrogen-bond acceptors (Lipinski definition) is 3. The minimum absolute atomic E-state index is 0.106. The molecule has 0 radical (unpaired) electrons. The summed E-state index contributed by atoms with van der Waals surface area (Å²) in [5.74, 6) is -0.563. The van der Waals surface area contributed by atoms with E-state index in [0.717, 1.165) is 15.1 Å². The van der Waals surface area contributed by atoms with Gasteiger partial charge in [0.1, 0.15) is 0 Å². The molecular weight excluding hydrogens is 443 g/mol. The van der Waals surface area contributed by atoms with Crippen molar-refractivity contribution in [2.24, 2.45) is 0 Å². The molecule has 0 bridgehead atoms. The fraction of sp³-hybridized carbons (Fsp3) is 0.105. The number of hydrogen-bond donors (Lipinski definition) is 1. The molecule has 0 heterocycles. The van der Waals surface area contributed by atoms with Crippen molar-refractivity contribution < 1.29 is 13.2 Å². The van der Waals surface area contributed by atoms with Crippen molar-refractivity contribution in [1.82, 2.24) is 4.31 Å². The highest BCUT2D eigenvalue weighted by atomic mass is 35.5. The number of nitrogens with one attached hydrogen (secondary N) is 1. The van der Waals surface area contributed by atoms with Gasteiger partial charge in [-0.25, -0.2) is 8.42 Å². The molecule has 0 aliphatic rings. The normalized spacial score (nSPS) is 11.8. The number of fused-ring (bicyclic) bond motifs is 1. The Bertz CT molecular complexity index is 1170. The molecular formula is C19H15Cl3N2O3S. The molecule has 0 saturated heterocycles. The Hall–Kier alpha value is -1.83. The molecule has 0 spiro atoms. The lowest BCUT2D eigenvalue weighted by atomic mass is 10.1. The zero-order valence-corrected chi connectivity index (χ0v) is 17.7. The van der Waals surface area contributed by atoms with Crippen molar-refractivity contribution in [3.8, 4) is 0 Å². The number of likely N-dealkylation sites (N-methyl/N-ethyl adjacent to an activating group) is 1. The van der Waals surface area contributed by atoms with E-state index in [1.807, 2.05) is 24.3 Å². The van der Waals surface area contributed by atoms with Crippen molar-refractivity contribution in [2.75, 3.05) is 18.9 Å². The van der Waals surface area contributed by atoms with Gasteiger partial charge < -0.3 is 5.32 Å². The van der Waals surface area contributed by atoms with E-state index < -0.39 is 22.5 Å². The number of benzene rings is 3. The monoisotopic (exact) mass is 456 g/mol. The number of carbonyl (C=O) groups is 1. The van der Waals surface area contributed by atoms with Gasteiger partial charge in [0.25, 0.3) is 0 Å². The average molecular weight is 458 g/mol. The molecule has 5 nitrogen and oxygen atoms in total. The van der Waals surface area contributed by atoms with Crippen molar-refractivity contribution in [3.05, 3.63) is 69.7 Å². The van der Waals surface area contributed by atoms with Crippen LogP contribution in [-0.2, 0) is 14.8 Å². The first kappa shape index (κ1) is 20.9. The molecule has 1 amide bonds. The standard InChI is InChI=1S/C19H15Cl3N2O3S/c1-24(11-19(25)23-18-10-16(21)15(20)9-17(18)22)28(26,27)14-7-6-12-4-2-3-5-13(12)8-14/h2-10H,11H2,1H3,(H,23,25). The summed E-state index contributed by atoms with van der Waals surface area (Å²) in [5.41, 5.74) is 0.248. The summed E-state index contributed by atoms with van der Waals surface area (Å²) in [4.78, 5) is 12.4. The van der Waals surface area contributed by atoms with Crippen LogP contribution in [0, 0.1) is 0 Å². The third-order valence-electron chi connectivity index (χ3n) is 4.08. The van der Waals surface area contributed by atoms with E-state index in [9.17, 15) is 13.2 Å².